The van der Waals surface area contributed by atoms with Crippen LogP contribution >= 0.6 is 0 Å². The van der Waals surface area contributed by atoms with E-state index in [1.807, 2.05) is 12.1 Å². The van der Waals surface area contributed by atoms with Gasteiger partial charge in [0.2, 0.25) is 0 Å². The fourth-order valence-corrected chi connectivity index (χ4v) is 4.92. The molecule has 0 saturated heterocycles. The number of para-hydroxylation sites is 1. The zero-order chi connectivity index (χ0) is 20.8. The van der Waals surface area contributed by atoms with E-state index in [1.54, 1.807) is 54.6 Å². The Morgan fingerprint density at radius 2 is 1.79 bits per heavy atom. The van der Waals surface area contributed by atoms with Gasteiger partial charge in [0.1, 0.15) is 5.92 Å². The summed E-state index contributed by atoms with van der Waals surface area (Å²) in [6.45, 7) is 3.73. The first-order valence-corrected chi connectivity index (χ1v) is 9.06. The second kappa shape index (κ2) is 6.29. The summed E-state index contributed by atoms with van der Waals surface area (Å²) in [5.74, 6) is -2.51. The van der Waals surface area contributed by atoms with Crippen LogP contribution in [0.15, 0.2) is 67.3 Å². The van der Waals surface area contributed by atoms with Crippen LogP contribution in [-0.2, 0) is 0 Å². The second-order valence-electron chi connectivity index (χ2n) is 7.28. The fraction of sp³-hybridized carbons (Fsp3) is 0.227. The third-order valence-electron chi connectivity index (χ3n) is 6.05. The number of hydrogen-bond acceptors (Lipinski definition) is 5. The van der Waals surface area contributed by atoms with Gasteiger partial charge in [0.15, 0.2) is 5.41 Å². The van der Waals surface area contributed by atoms with Crippen molar-refractivity contribution in [1.29, 1.82) is 10.5 Å². The van der Waals surface area contributed by atoms with Gasteiger partial charge in [-0.25, -0.2) is 4.90 Å². The summed E-state index contributed by atoms with van der Waals surface area (Å²) in [6, 6.07) is 19.0. The Labute approximate surface area is 167 Å². The third kappa shape index (κ3) is 2.13. The molecule has 7 heteroatoms. The van der Waals surface area contributed by atoms with E-state index >= 15 is 0 Å². The van der Waals surface area contributed by atoms with Crippen LogP contribution in [0.25, 0.3) is 0 Å². The number of benzene rings is 2. The van der Waals surface area contributed by atoms with Crippen molar-refractivity contribution in [3.63, 3.8) is 0 Å². The maximum absolute atomic E-state index is 13.5. The number of hydrogen-bond donors (Lipinski definition) is 0. The average Bonchev–Trinajstić information content (AvgIpc) is 3.23. The van der Waals surface area contributed by atoms with E-state index < -0.39 is 33.7 Å². The zero-order valence-electron chi connectivity index (χ0n) is 15.4. The molecule has 1 saturated carbocycles. The average molecular weight is 384 g/mol. The molecule has 29 heavy (non-hydrogen) atoms. The van der Waals surface area contributed by atoms with Crippen LogP contribution in [0.1, 0.15) is 28.3 Å². The molecule has 2 aliphatic rings. The smallest absolute Gasteiger partial charge is 0.268 e. The minimum atomic E-state index is -2.00. The lowest BCUT2D eigenvalue weighted by atomic mass is 9.75. The normalized spacial score (nSPS) is 25.9. The van der Waals surface area contributed by atoms with Crippen molar-refractivity contribution in [2.45, 2.75) is 18.0 Å². The van der Waals surface area contributed by atoms with Crippen molar-refractivity contribution >= 4 is 11.6 Å². The first kappa shape index (κ1) is 18.4. The Hall–Kier alpha value is -3.97. The van der Waals surface area contributed by atoms with Gasteiger partial charge < -0.3 is 0 Å². The van der Waals surface area contributed by atoms with E-state index in [-0.39, 0.29) is 6.42 Å². The van der Waals surface area contributed by atoms with Gasteiger partial charge in [0, 0.05) is 5.56 Å². The number of nitriles is 2. The standard InChI is InChI=1S/C22H16N4O3/c1-2-16-12-21(13-23,14-24)19-17-10-6-7-11-18(17)25(22(16,19)26(28)29)20(27)15-8-4-3-5-9-15/h2-11,16,19H,1,12H2/t16-,19-,22-/m0/s1. The molecule has 2 aromatic rings. The minimum absolute atomic E-state index is 0.0674. The van der Waals surface area contributed by atoms with Gasteiger partial charge in [-0.3, -0.25) is 14.9 Å². The van der Waals surface area contributed by atoms with Gasteiger partial charge in [-0.05, 0) is 30.2 Å². The van der Waals surface area contributed by atoms with Crippen molar-refractivity contribution in [2.24, 2.45) is 11.3 Å². The van der Waals surface area contributed by atoms with E-state index in [2.05, 4.69) is 6.58 Å². The van der Waals surface area contributed by atoms with E-state index in [0.29, 0.717) is 16.8 Å². The maximum atomic E-state index is 13.5. The highest BCUT2D eigenvalue weighted by Crippen LogP contribution is 2.66. The molecule has 4 rings (SSSR count). The molecule has 1 aliphatic carbocycles. The molecule has 2 aromatic carbocycles. The zero-order valence-corrected chi connectivity index (χ0v) is 15.4. The molecule has 7 nitrogen and oxygen atoms in total. The molecule has 0 unspecified atom stereocenters. The summed E-state index contributed by atoms with van der Waals surface area (Å²) < 4.78 is 0. The predicted molar refractivity (Wildman–Crippen MR) is 104 cm³/mol. The second-order valence-corrected chi connectivity index (χ2v) is 7.28. The molecule has 3 atom stereocenters. The summed E-state index contributed by atoms with van der Waals surface area (Å²) >= 11 is 0. The molecule has 0 radical (unpaired) electrons. The number of rotatable bonds is 3. The number of carbonyl (C=O) groups excluding carboxylic acids is 1. The minimum Gasteiger partial charge on any atom is -0.268 e. The first-order chi connectivity index (χ1) is 14.0. The van der Waals surface area contributed by atoms with Crippen LogP contribution in [0.4, 0.5) is 5.69 Å². The molecule has 0 aromatic heterocycles. The van der Waals surface area contributed by atoms with Crippen molar-refractivity contribution in [1.82, 2.24) is 0 Å². The Kier molecular flexibility index (Phi) is 3.99. The Balaban J connectivity index is 2.07. The summed E-state index contributed by atoms with van der Waals surface area (Å²) in [4.78, 5) is 26.8. The van der Waals surface area contributed by atoms with Crippen LogP contribution in [0, 0.1) is 44.1 Å². The van der Waals surface area contributed by atoms with E-state index in [1.165, 1.54) is 11.0 Å². The lowest BCUT2D eigenvalue weighted by molar-refractivity contribution is -0.574. The van der Waals surface area contributed by atoms with Gasteiger partial charge in [0.25, 0.3) is 5.91 Å². The molecule has 1 aliphatic heterocycles. The molecule has 1 fully saturated rings. The maximum Gasteiger partial charge on any atom is 0.318 e. The van der Waals surface area contributed by atoms with Crippen LogP contribution in [-0.4, -0.2) is 16.5 Å². The van der Waals surface area contributed by atoms with Crippen LogP contribution in [0.2, 0.25) is 0 Å². The van der Waals surface area contributed by atoms with Crippen LogP contribution < -0.4 is 4.90 Å². The molecule has 1 amide bonds. The molecule has 0 N–H and O–H groups in total. The number of fused-ring (bicyclic) bond motifs is 3. The van der Waals surface area contributed by atoms with E-state index in [9.17, 15) is 25.4 Å². The number of carbonyl (C=O) groups is 1. The molecule has 0 spiro atoms. The quantitative estimate of drug-likeness (QED) is 0.456. The first-order valence-electron chi connectivity index (χ1n) is 9.06. The van der Waals surface area contributed by atoms with E-state index in [0.717, 1.165) is 0 Å². The molecular formula is C22H16N4O3. The van der Waals surface area contributed by atoms with Crippen molar-refractivity contribution in [2.75, 3.05) is 4.90 Å². The third-order valence-corrected chi connectivity index (χ3v) is 6.05. The Bertz CT molecular complexity index is 1100. The number of amides is 1. The van der Waals surface area contributed by atoms with Gasteiger partial charge in [0.05, 0.1) is 28.7 Å². The lowest BCUT2D eigenvalue weighted by Gasteiger charge is -2.34. The van der Waals surface area contributed by atoms with Gasteiger partial charge in [-0.15, -0.1) is 6.58 Å². The highest BCUT2D eigenvalue weighted by Gasteiger charge is 2.78. The van der Waals surface area contributed by atoms with Gasteiger partial charge in [-0.2, -0.15) is 10.5 Å². The SMILES string of the molecule is C=C[C@H]1CC(C#N)(C#N)[C@@H]2c3ccccc3N(C(=O)c3ccccc3)[C@]12[N+](=O)[O-]. The van der Waals surface area contributed by atoms with Crippen LogP contribution in [0.5, 0.6) is 0 Å². The topological polar surface area (TPSA) is 111 Å². The number of nitro groups is 1. The van der Waals surface area contributed by atoms with Crippen molar-refractivity contribution < 1.29 is 9.72 Å². The van der Waals surface area contributed by atoms with Gasteiger partial charge >= 0.3 is 5.66 Å². The molecule has 1 heterocycles. The monoisotopic (exact) mass is 384 g/mol. The summed E-state index contributed by atoms with van der Waals surface area (Å²) in [6.07, 6.45) is 1.32. The summed E-state index contributed by atoms with van der Waals surface area (Å²) in [5, 5.41) is 32.5. The highest BCUT2D eigenvalue weighted by molar-refractivity contribution is 6.09. The highest BCUT2D eigenvalue weighted by atomic mass is 16.6. The van der Waals surface area contributed by atoms with Crippen molar-refractivity contribution in [3.05, 3.63) is 88.5 Å². The number of anilines is 1. The largest absolute Gasteiger partial charge is 0.318 e. The van der Waals surface area contributed by atoms with Crippen LogP contribution in [0.3, 0.4) is 0 Å². The summed E-state index contributed by atoms with van der Waals surface area (Å²) in [7, 11) is 0. The fourth-order valence-electron chi connectivity index (χ4n) is 4.92. The van der Waals surface area contributed by atoms with Crippen molar-refractivity contribution in [3.8, 4) is 12.1 Å². The predicted octanol–water partition coefficient (Wildman–Crippen LogP) is 3.64. The van der Waals surface area contributed by atoms with Gasteiger partial charge in [-0.1, -0.05) is 42.5 Å². The number of nitrogens with zero attached hydrogens (tertiary/aromatic N) is 4. The Morgan fingerprint density at radius 3 is 2.38 bits per heavy atom. The molecule has 0 bridgehead atoms. The summed E-state index contributed by atoms with van der Waals surface area (Å²) in [5.41, 5.74) is -2.54. The lowest BCUT2D eigenvalue weighted by Crippen LogP contribution is -2.59. The molecular weight excluding hydrogens is 368 g/mol. The van der Waals surface area contributed by atoms with E-state index in [4.69, 9.17) is 0 Å². The Morgan fingerprint density at radius 1 is 1.17 bits per heavy atom. The molecule has 142 valence electrons.